The molecule has 0 saturated heterocycles. The summed E-state index contributed by atoms with van der Waals surface area (Å²) >= 11 is 0. The van der Waals surface area contributed by atoms with Crippen LogP contribution in [0.1, 0.15) is 259 Å². The van der Waals surface area contributed by atoms with Gasteiger partial charge < -0.3 is 10.6 Å². The molecule has 1 aliphatic rings. The van der Waals surface area contributed by atoms with Crippen LogP contribution in [0, 0.1) is 10.8 Å². The minimum atomic E-state index is -0.437. The lowest BCUT2D eigenvalue weighted by atomic mass is 9.62. The Hall–Kier alpha value is -2.52. The highest BCUT2D eigenvalue weighted by atomic mass is 16.2. The molecule has 0 heterocycles. The Labute approximate surface area is 357 Å². The Morgan fingerprint density at radius 3 is 1.12 bits per heavy atom. The maximum absolute atomic E-state index is 12.7. The van der Waals surface area contributed by atoms with Gasteiger partial charge in [0.15, 0.2) is 0 Å². The average molecular weight is 819 g/mol. The van der Waals surface area contributed by atoms with E-state index in [9.17, 15) is 19.2 Å². The Bertz CT molecular complexity index is 1060. The van der Waals surface area contributed by atoms with E-state index in [1.165, 1.54) is 154 Å². The summed E-state index contributed by atoms with van der Waals surface area (Å²) in [5.41, 5.74) is 9.84. The molecular formula is C48H94N6O4. The van der Waals surface area contributed by atoms with Gasteiger partial charge in [0, 0.05) is 25.4 Å². The molecule has 2 unspecified atom stereocenters. The molecule has 1 fully saturated rings. The standard InChI is InChI=1S/C48H94N6O4/c1-6-8-10-12-14-16-18-20-22-24-26-28-30-32-34-36-43(55)51-53-45(57)49-41-48(5)39-42(38-47(3,4)40-48)50-46(58)54-52-44(56)37-35-33-31-29-27-25-23-21-19-17-15-13-11-9-7-2/h42H,6-41H2,1-5H3,(H,51,55)(H,52,56)(H2,49,53,57)(H2,50,54,58). The second kappa shape index (κ2) is 35.3. The minimum absolute atomic E-state index is 0.0542. The second-order valence-electron chi connectivity index (χ2n) is 19.2. The summed E-state index contributed by atoms with van der Waals surface area (Å²) in [6.45, 7) is 11.4. The van der Waals surface area contributed by atoms with Gasteiger partial charge in [-0.2, -0.15) is 0 Å². The second-order valence-corrected chi connectivity index (χ2v) is 19.2. The fourth-order valence-electron chi connectivity index (χ4n) is 9.12. The van der Waals surface area contributed by atoms with E-state index in [1.54, 1.807) is 0 Å². The van der Waals surface area contributed by atoms with Gasteiger partial charge >= 0.3 is 12.1 Å². The topological polar surface area (TPSA) is 140 Å². The number of hydrazine groups is 2. The molecule has 10 nitrogen and oxygen atoms in total. The van der Waals surface area contributed by atoms with Crippen molar-refractivity contribution in [2.45, 2.75) is 265 Å². The largest absolute Gasteiger partial charge is 0.336 e. The van der Waals surface area contributed by atoms with Gasteiger partial charge in [-0.3, -0.25) is 20.4 Å². The Kier molecular flexibility index (Phi) is 32.5. The summed E-state index contributed by atoms with van der Waals surface area (Å²) in [7, 11) is 0. The lowest BCUT2D eigenvalue weighted by Gasteiger charge is -2.46. The maximum Gasteiger partial charge on any atom is 0.333 e. The summed E-state index contributed by atoms with van der Waals surface area (Å²) in [6, 6.07) is -0.966. The van der Waals surface area contributed by atoms with Gasteiger partial charge in [-0.15, -0.1) is 0 Å². The van der Waals surface area contributed by atoms with Crippen molar-refractivity contribution in [1.29, 1.82) is 0 Å². The first-order valence-electron chi connectivity index (χ1n) is 24.7. The highest BCUT2D eigenvalue weighted by molar-refractivity contribution is 5.81. The number of amides is 6. The van der Waals surface area contributed by atoms with Crippen LogP contribution in [0.4, 0.5) is 9.59 Å². The highest BCUT2D eigenvalue weighted by Gasteiger charge is 2.42. The third-order valence-electron chi connectivity index (χ3n) is 12.1. The quantitative estimate of drug-likeness (QED) is 0.0280. The fourth-order valence-corrected chi connectivity index (χ4v) is 9.12. The molecule has 0 aromatic rings. The Morgan fingerprint density at radius 2 is 0.759 bits per heavy atom. The molecule has 58 heavy (non-hydrogen) atoms. The molecule has 10 heteroatoms. The van der Waals surface area contributed by atoms with Gasteiger partial charge in [0.25, 0.3) is 0 Å². The van der Waals surface area contributed by atoms with Gasteiger partial charge in [0.2, 0.25) is 11.8 Å². The Balaban J connectivity index is 2.11. The van der Waals surface area contributed by atoms with Crippen LogP contribution in [0.15, 0.2) is 0 Å². The van der Waals surface area contributed by atoms with Crippen molar-refractivity contribution in [1.82, 2.24) is 32.3 Å². The van der Waals surface area contributed by atoms with Crippen molar-refractivity contribution < 1.29 is 19.2 Å². The number of hydrogen-bond donors (Lipinski definition) is 6. The predicted octanol–water partition coefficient (Wildman–Crippen LogP) is 12.8. The van der Waals surface area contributed by atoms with Crippen molar-refractivity contribution in [3.05, 3.63) is 0 Å². The number of hydrogen-bond acceptors (Lipinski definition) is 4. The van der Waals surface area contributed by atoms with Gasteiger partial charge in [0.05, 0.1) is 0 Å². The third kappa shape index (κ3) is 32.3. The molecule has 1 aliphatic carbocycles. The molecule has 340 valence electrons. The van der Waals surface area contributed by atoms with E-state index in [4.69, 9.17) is 0 Å². The molecule has 1 rings (SSSR count). The number of urea groups is 2. The number of carbonyl (C=O) groups is 4. The molecule has 0 spiro atoms. The molecule has 0 aliphatic heterocycles. The SMILES string of the molecule is CCCCCCCCCCCCCCCCCC(=O)NNC(=O)NCC1(C)CC(NC(=O)NNC(=O)CCCCCCCCCCCCCCCCC)CC(C)(C)C1. The van der Waals surface area contributed by atoms with Crippen LogP contribution >= 0.6 is 0 Å². The molecule has 6 amide bonds. The third-order valence-corrected chi connectivity index (χ3v) is 12.1. The van der Waals surface area contributed by atoms with Crippen LogP contribution in [0.3, 0.4) is 0 Å². The monoisotopic (exact) mass is 819 g/mol. The normalized spacial score (nSPS) is 17.4. The number of rotatable bonds is 35. The summed E-state index contributed by atoms with van der Waals surface area (Å²) in [4.78, 5) is 50.0. The summed E-state index contributed by atoms with van der Waals surface area (Å²) in [5.74, 6) is -0.345. The van der Waals surface area contributed by atoms with Gasteiger partial charge in [-0.1, -0.05) is 214 Å². The average Bonchev–Trinajstić information content (AvgIpc) is 3.17. The molecule has 6 N–H and O–H groups in total. The first kappa shape index (κ1) is 53.5. The van der Waals surface area contributed by atoms with E-state index in [-0.39, 0.29) is 28.7 Å². The maximum atomic E-state index is 12.7. The van der Waals surface area contributed by atoms with E-state index < -0.39 is 12.1 Å². The van der Waals surface area contributed by atoms with Crippen molar-refractivity contribution in [3.63, 3.8) is 0 Å². The van der Waals surface area contributed by atoms with E-state index in [0.29, 0.717) is 25.8 Å². The van der Waals surface area contributed by atoms with Crippen molar-refractivity contribution in [2.75, 3.05) is 6.54 Å². The predicted molar refractivity (Wildman–Crippen MR) is 243 cm³/mol. The Morgan fingerprint density at radius 1 is 0.431 bits per heavy atom. The molecule has 0 aromatic carbocycles. The van der Waals surface area contributed by atoms with Gasteiger partial charge in [0.1, 0.15) is 0 Å². The lowest BCUT2D eigenvalue weighted by molar-refractivity contribution is -0.122. The highest BCUT2D eigenvalue weighted by Crippen LogP contribution is 2.45. The van der Waals surface area contributed by atoms with Gasteiger partial charge in [-0.05, 0) is 42.9 Å². The van der Waals surface area contributed by atoms with Gasteiger partial charge in [-0.25, -0.2) is 20.4 Å². The summed E-state index contributed by atoms with van der Waals surface area (Å²) < 4.78 is 0. The van der Waals surface area contributed by atoms with Crippen LogP contribution in [-0.2, 0) is 9.59 Å². The smallest absolute Gasteiger partial charge is 0.333 e. The van der Waals surface area contributed by atoms with E-state index in [1.807, 2.05) is 0 Å². The summed E-state index contributed by atoms with van der Waals surface area (Å²) in [5, 5.41) is 5.96. The number of unbranched alkanes of at least 4 members (excludes halogenated alkanes) is 28. The molecule has 0 bridgehead atoms. The summed E-state index contributed by atoms with van der Waals surface area (Å²) in [6.07, 6.45) is 41.6. The number of carbonyl (C=O) groups excluding carboxylic acids is 4. The van der Waals surface area contributed by atoms with Crippen LogP contribution in [0.2, 0.25) is 0 Å². The van der Waals surface area contributed by atoms with Crippen molar-refractivity contribution >= 4 is 23.9 Å². The van der Waals surface area contributed by atoms with E-state index in [2.05, 4.69) is 67.0 Å². The molecule has 0 radical (unpaired) electrons. The van der Waals surface area contributed by atoms with Crippen LogP contribution < -0.4 is 32.3 Å². The van der Waals surface area contributed by atoms with E-state index in [0.717, 1.165) is 51.4 Å². The molecule has 1 saturated carbocycles. The fraction of sp³-hybridized carbons (Fsp3) is 0.917. The zero-order valence-corrected chi connectivity index (χ0v) is 38.7. The molecular weight excluding hydrogens is 725 g/mol. The first-order valence-corrected chi connectivity index (χ1v) is 24.7. The van der Waals surface area contributed by atoms with Crippen molar-refractivity contribution in [2.24, 2.45) is 10.8 Å². The molecule has 0 aromatic heterocycles. The number of nitrogens with one attached hydrogen (secondary N) is 6. The molecule has 2 atom stereocenters. The van der Waals surface area contributed by atoms with Crippen LogP contribution in [-0.4, -0.2) is 36.5 Å². The van der Waals surface area contributed by atoms with Crippen LogP contribution in [0.25, 0.3) is 0 Å². The first-order chi connectivity index (χ1) is 28.0. The zero-order chi connectivity index (χ0) is 42.6. The zero-order valence-electron chi connectivity index (χ0n) is 38.7. The van der Waals surface area contributed by atoms with Crippen LogP contribution in [0.5, 0.6) is 0 Å². The lowest BCUT2D eigenvalue weighted by Crippen LogP contribution is -2.55. The van der Waals surface area contributed by atoms with E-state index >= 15 is 0 Å². The minimum Gasteiger partial charge on any atom is -0.336 e. The van der Waals surface area contributed by atoms with Crippen molar-refractivity contribution in [3.8, 4) is 0 Å².